The molecule has 5 nitrogen and oxygen atoms in total. The number of piperidine rings is 1. The highest BCUT2D eigenvalue weighted by Crippen LogP contribution is 2.24. The highest BCUT2D eigenvalue weighted by atomic mass is 35.5. The standard InChI is InChI=1S/C23H27ClFN3O2/c24-19-2-1-18(22(25)15-19)16-27-9-7-17(8-10-27)23(29)26-20-3-5-21(6-4-20)28-11-13-30-14-12-28/h1-6,15,17H,7-14,16H2,(H,26,29). The Kier molecular flexibility index (Phi) is 6.87. The summed E-state index contributed by atoms with van der Waals surface area (Å²) in [5, 5.41) is 3.45. The highest BCUT2D eigenvalue weighted by molar-refractivity contribution is 6.30. The molecule has 2 saturated heterocycles. The Morgan fingerprint density at radius 2 is 1.77 bits per heavy atom. The summed E-state index contributed by atoms with van der Waals surface area (Å²) in [6.45, 7) is 5.38. The van der Waals surface area contributed by atoms with E-state index in [0.29, 0.717) is 17.1 Å². The third kappa shape index (κ3) is 5.31. The normalized spacial score (nSPS) is 18.4. The molecule has 1 amide bonds. The molecule has 0 spiro atoms. The molecule has 0 aliphatic carbocycles. The lowest BCUT2D eigenvalue weighted by atomic mass is 9.95. The maximum Gasteiger partial charge on any atom is 0.227 e. The van der Waals surface area contributed by atoms with Gasteiger partial charge in [-0.2, -0.15) is 0 Å². The zero-order chi connectivity index (χ0) is 20.9. The summed E-state index contributed by atoms with van der Waals surface area (Å²) in [6.07, 6.45) is 1.54. The van der Waals surface area contributed by atoms with Crippen LogP contribution in [0.4, 0.5) is 15.8 Å². The fourth-order valence-electron chi connectivity index (χ4n) is 4.07. The summed E-state index contributed by atoms with van der Waals surface area (Å²) in [4.78, 5) is 17.2. The van der Waals surface area contributed by atoms with Crippen LogP contribution in [0.1, 0.15) is 18.4 Å². The van der Waals surface area contributed by atoms with Gasteiger partial charge in [0.05, 0.1) is 13.2 Å². The number of amides is 1. The van der Waals surface area contributed by atoms with E-state index in [-0.39, 0.29) is 17.6 Å². The Morgan fingerprint density at radius 1 is 1.07 bits per heavy atom. The van der Waals surface area contributed by atoms with Crippen molar-refractivity contribution in [3.05, 3.63) is 58.9 Å². The summed E-state index contributed by atoms with van der Waals surface area (Å²) in [6, 6.07) is 12.8. The zero-order valence-electron chi connectivity index (χ0n) is 16.9. The number of hydrogen-bond acceptors (Lipinski definition) is 4. The van der Waals surface area contributed by atoms with E-state index in [1.807, 2.05) is 24.3 Å². The number of carbonyl (C=O) groups excluding carboxylic acids is 1. The maximum absolute atomic E-state index is 14.0. The zero-order valence-corrected chi connectivity index (χ0v) is 17.7. The number of benzene rings is 2. The van der Waals surface area contributed by atoms with Crippen LogP contribution in [0.3, 0.4) is 0 Å². The number of nitrogens with zero attached hydrogens (tertiary/aromatic N) is 2. The van der Waals surface area contributed by atoms with Crippen LogP contribution >= 0.6 is 11.6 Å². The van der Waals surface area contributed by atoms with E-state index in [2.05, 4.69) is 15.1 Å². The van der Waals surface area contributed by atoms with Crippen LogP contribution in [0.5, 0.6) is 0 Å². The second-order valence-electron chi connectivity index (χ2n) is 7.92. The third-order valence-electron chi connectivity index (χ3n) is 5.88. The first-order valence-corrected chi connectivity index (χ1v) is 10.9. The molecule has 1 N–H and O–H groups in total. The average molecular weight is 432 g/mol. The van der Waals surface area contributed by atoms with E-state index in [0.717, 1.165) is 63.6 Å². The Morgan fingerprint density at radius 3 is 2.43 bits per heavy atom. The Balaban J connectivity index is 1.26. The van der Waals surface area contributed by atoms with E-state index in [4.69, 9.17) is 16.3 Å². The first-order chi connectivity index (χ1) is 14.6. The number of rotatable bonds is 5. The number of anilines is 2. The van der Waals surface area contributed by atoms with Crippen LogP contribution < -0.4 is 10.2 Å². The minimum atomic E-state index is -0.275. The van der Waals surface area contributed by atoms with Crippen molar-refractivity contribution in [3.8, 4) is 0 Å². The fraction of sp³-hybridized carbons (Fsp3) is 0.435. The van der Waals surface area contributed by atoms with E-state index < -0.39 is 0 Å². The van der Waals surface area contributed by atoms with Gasteiger partial charge in [-0.1, -0.05) is 17.7 Å². The number of nitrogens with one attached hydrogen (secondary N) is 1. The largest absolute Gasteiger partial charge is 0.378 e. The van der Waals surface area contributed by atoms with Crippen molar-refractivity contribution < 1.29 is 13.9 Å². The molecule has 30 heavy (non-hydrogen) atoms. The number of morpholine rings is 1. The molecule has 4 rings (SSSR count). The van der Waals surface area contributed by atoms with Crippen molar-refractivity contribution in [2.24, 2.45) is 5.92 Å². The van der Waals surface area contributed by atoms with E-state index in [9.17, 15) is 9.18 Å². The number of ether oxygens (including phenoxy) is 1. The molecule has 0 bridgehead atoms. The van der Waals surface area contributed by atoms with Gasteiger partial charge in [0.2, 0.25) is 5.91 Å². The van der Waals surface area contributed by atoms with Gasteiger partial charge in [-0.25, -0.2) is 4.39 Å². The molecule has 7 heteroatoms. The quantitative estimate of drug-likeness (QED) is 0.771. The number of carbonyl (C=O) groups is 1. The van der Waals surface area contributed by atoms with Crippen LogP contribution in [-0.4, -0.2) is 50.2 Å². The molecular formula is C23H27ClFN3O2. The van der Waals surface area contributed by atoms with Crippen molar-refractivity contribution in [2.75, 3.05) is 49.6 Å². The van der Waals surface area contributed by atoms with E-state index in [1.165, 1.54) is 6.07 Å². The molecule has 2 fully saturated rings. The van der Waals surface area contributed by atoms with Gasteiger partial charge in [0, 0.05) is 47.5 Å². The minimum Gasteiger partial charge on any atom is -0.378 e. The monoisotopic (exact) mass is 431 g/mol. The number of hydrogen-bond donors (Lipinski definition) is 1. The van der Waals surface area contributed by atoms with Crippen molar-refractivity contribution in [1.82, 2.24) is 4.90 Å². The summed E-state index contributed by atoms with van der Waals surface area (Å²) in [5.41, 5.74) is 2.62. The van der Waals surface area contributed by atoms with Gasteiger partial charge in [0.25, 0.3) is 0 Å². The Hall–Kier alpha value is -2.15. The van der Waals surface area contributed by atoms with Gasteiger partial charge in [0.15, 0.2) is 0 Å². The smallest absolute Gasteiger partial charge is 0.227 e. The number of halogens is 2. The number of likely N-dealkylation sites (tertiary alicyclic amines) is 1. The van der Waals surface area contributed by atoms with Gasteiger partial charge in [-0.3, -0.25) is 9.69 Å². The SMILES string of the molecule is O=C(Nc1ccc(N2CCOCC2)cc1)C1CCN(Cc2ccc(Cl)cc2F)CC1. The molecule has 160 valence electrons. The molecule has 2 aromatic rings. The molecule has 0 unspecified atom stereocenters. The highest BCUT2D eigenvalue weighted by Gasteiger charge is 2.25. The second kappa shape index (κ2) is 9.77. The van der Waals surface area contributed by atoms with Crippen molar-refractivity contribution in [2.45, 2.75) is 19.4 Å². The van der Waals surface area contributed by atoms with Crippen LogP contribution in [0.25, 0.3) is 0 Å². The van der Waals surface area contributed by atoms with Crippen LogP contribution in [-0.2, 0) is 16.1 Å². The predicted molar refractivity (Wildman–Crippen MR) is 118 cm³/mol. The first-order valence-electron chi connectivity index (χ1n) is 10.5. The molecule has 0 saturated carbocycles. The Bertz CT molecular complexity index is 863. The molecule has 2 aliphatic heterocycles. The third-order valence-corrected chi connectivity index (χ3v) is 6.11. The average Bonchev–Trinajstić information content (AvgIpc) is 2.77. The summed E-state index contributed by atoms with van der Waals surface area (Å²) in [7, 11) is 0. The van der Waals surface area contributed by atoms with Crippen molar-refractivity contribution in [1.29, 1.82) is 0 Å². The van der Waals surface area contributed by atoms with Crippen LogP contribution in [0, 0.1) is 11.7 Å². The summed E-state index contributed by atoms with van der Waals surface area (Å²) in [5.74, 6) is -0.232. The molecule has 0 radical (unpaired) electrons. The van der Waals surface area contributed by atoms with Gasteiger partial charge in [-0.05, 0) is 62.3 Å². The molecular weight excluding hydrogens is 405 g/mol. The van der Waals surface area contributed by atoms with Crippen LogP contribution in [0.2, 0.25) is 5.02 Å². The molecule has 0 atom stereocenters. The lowest BCUT2D eigenvalue weighted by Gasteiger charge is -2.31. The molecule has 0 aromatic heterocycles. The van der Waals surface area contributed by atoms with E-state index >= 15 is 0 Å². The van der Waals surface area contributed by atoms with Crippen LogP contribution in [0.15, 0.2) is 42.5 Å². The molecule has 2 heterocycles. The Labute approximate surface area is 181 Å². The lowest BCUT2D eigenvalue weighted by Crippen LogP contribution is -2.38. The van der Waals surface area contributed by atoms with Gasteiger partial charge < -0.3 is 15.0 Å². The first kappa shape index (κ1) is 21.1. The summed E-state index contributed by atoms with van der Waals surface area (Å²) < 4.78 is 19.4. The topological polar surface area (TPSA) is 44.8 Å². The second-order valence-corrected chi connectivity index (χ2v) is 8.36. The van der Waals surface area contributed by atoms with Gasteiger partial charge >= 0.3 is 0 Å². The predicted octanol–water partition coefficient (Wildman–Crippen LogP) is 4.17. The van der Waals surface area contributed by atoms with Gasteiger partial charge in [-0.15, -0.1) is 0 Å². The van der Waals surface area contributed by atoms with E-state index in [1.54, 1.807) is 12.1 Å². The van der Waals surface area contributed by atoms with Gasteiger partial charge in [0.1, 0.15) is 5.82 Å². The molecule has 2 aliphatic rings. The fourth-order valence-corrected chi connectivity index (χ4v) is 4.22. The lowest BCUT2D eigenvalue weighted by molar-refractivity contribution is -0.121. The summed E-state index contributed by atoms with van der Waals surface area (Å²) >= 11 is 5.82. The van der Waals surface area contributed by atoms with Crippen molar-refractivity contribution in [3.63, 3.8) is 0 Å². The molecule has 2 aromatic carbocycles. The minimum absolute atomic E-state index is 0.0183. The maximum atomic E-state index is 14.0. The van der Waals surface area contributed by atoms with Crippen molar-refractivity contribution >= 4 is 28.9 Å².